The van der Waals surface area contributed by atoms with Gasteiger partial charge >= 0.3 is 0 Å². The summed E-state index contributed by atoms with van der Waals surface area (Å²) in [7, 11) is 3.25. The first kappa shape index (κ1) is 33.3. The average Bonchev–Trinajstić information content (AvgIpc) is 3.85. The van der Waals surface area contributed by atoms with Crippen molar-refractivity contribution in [3.63, 3.8) is 0 Å². The number of carbonyl (C=O) groups is 3. The molecule has 240 valence electrons. The van der Waals surface area contributed by atoms with Crippen LogP contribution in [0.5, 0.6) is 11.5 Å². The van der Waals surface area contributed by atoms with Gasteiger partial charge in [-0.05, 0) is 81.8 Å². The topological polar surface area (TPSA) is 123 Å². The summed E-state index contributed by atoms with van der Waals surface area (Å²) in [5, 5.41) is 3.66. The maximum atomic E-state index is 13.8. The van der Waals surface area contributed by atoms with Crippen LogP contribution in [0, 0.1) is 0 Å². The zero-order valence-corrected chi connectivity index (χ0v) is 26.6. The highest BCUT2D eigenvalue weighted by Crippen LogP contribution is 2.31. The van der Waals surface area contributed by atoms with Gasteiger partial charge in [0.2, 0.25) is 11.8 Å². The molecule has 10 nitrogen and oxygen atoms in total. The van der Waals surface area contributed by atoms with E-state index in [-0.39, 0.29) is 36.4 Å². The Hall–Kier alpha value is -3.63. The minimum absolute atomic E-state index is 0.0232. The third-order valence-corrected chi connectivity index (χ3v) is 8.43. The third-order valence-electron chi connectivity index (χ3n) is 8.43. The van der Waals surface area contributed by atoms with Gasteiger partial charge in [-0.1, -0.05) is 12.1 Å². The first-order chi connectivity index (χ1) is 21.2. The van der Waals surface area contributed by atoms with Crippen LogP contribution in [0.3, 0.4) is 0 Å². The summed E-state index contributed by atoms with van der Waals surface area (Å²) in [4.78, 5) is 42.6. The summed E-state index contributed by atoms with van der Waals surface area (Å²) < 4.78 is 16.5. The Labute approximate surface area is 261 Å². The molecule has 2 aliphatic rings. The molecular formula is C34H48N4O6. The Morgan fingerprint density at radius 3 is 2.36 bits per heavy atom. The predicted molar refractivity (Wildman–Crippen MR) is 169 cm³/mol. The van der Waals surface area contributed by atoms with E-state index in [0.29, 0.717) is 55.0 Å². The summed E-state index contributed by atoms with van der Waals surface area (Å²) >= 11 is 0. The van der Waals surface area contributed by atoms with Crippen molar-refractivity contribution in [1.29, 1.82) is 0 Å². The van der Waals surface area contributed by atoms with E-state index in [1.807, 2.05) is 29.7 Å². The van der Waals surface area contributed by atoms with Gasteiger partial charge in [-0.15, -0.1) is 0 Å². The number of piperidine rings is 1. The molecule has 0 bridgehead atoms. The first-order valence-electron chi connectivity index (χ1n) is 15.8. The van der Waals surface area contributed by atoms with E-state index < -0.39 is 5.91 Å². The molecule has 2 aromatic carbocycles. The first-order valence-corrected chi connectivity index (χ1v) is 15.8. The standard InChI is InChI=1S/C34H48N4O6/c1-23(2)38(34(41)26-9-14-30(43-4)31(21-26)44-18-6-17-42-3)29-11-10-27(36-22-29)15-16-37(28-12-13-28)32(39)20-24-7-5-8-25(19-24)33(35)40/h5,7-9,14,19,21,23,27-29,36H,6,10-13,15-18,20,22H2,1-4H3,(H2,35,40)/t27?,29-/m1/s1. The molecule has 3 N–H and O–H groups in total. The second kappa shape index (κ2) is 15.9. The lowest BCUT2D eigenvalue weighted by molar-refractivity contribution is -0.131. The quantitative estimate of drug-likeness (QED) is 0.278. The summed E-state index contributed by atoms with van der Waals surface area (Å²) in [5.74, 6) is 0.709. The van der Waals surface area contributed by atoms with E-state index in [1.165, 1.54) is 0 Å². The van der Waals surface area contributed by atoms with Crippen LogP contribution in [0.25, 0.3) is 0 Å². The van der Waals surface area contributed by atoms with Gasteiger partial charge in [0, 0.05) is 68.5 Å². The number of nitrogens with zero attached hydrogens (tertiary/aromatic N) is 2. The average molecular weight is 609 g/mol. The molecule has 0 spiro atoms. The fraction of sp³-hybridized carbons (Fsp3) is 0.559. The highest BCUT2D eigenvalue weighted by molar-refractivity contribution is 5.95. The van der Waals surface area contributed by atoms with Crippen LogP contribution >= 0.6 is 0 Å². The Morgan fingerprint density at radius 1 is 0.955 bits per heavy atom. The second-order valence-electron chi connectivity index (χ2n) is 12.1. The summed E-state index contributed by atoms with van der Waals surface area (Å²) in [6.45, 7) is 6.55. The lowest BCUT2D eigenvalue weighted by Crippen LogP contribution is -2.54. The number of nitrogens with two attached hydrogens (primary N) is 1. The van der Waals surface area contributed by atoms with Crippen LogP contribution in [-0.2, 0) is 16.0 Å². The molecule has 1 aliphatic carbocycles. The van der Waals surface area contributed by atoms with Gasteiger partial charge in [-0.2, -0.15) is 0 Å². The van der Waals surface area contributed by atoms with Crippen LogP contribution in [0.15, 0.2) is 42.5 Å². The molecule has 2 atom stereocenters. The molecule has 1 saturated heterocycles. The molecule has 1 saturated carbocycles. The van der Waals surface area contributed by atoms with Gasteiger partial charge in [0.05, 0.1) is 20.1 Å². The Balaban J connectivity index is 1.32. The molecule has 0 radical (unpaired) electrons. The molecule has 0 aromatic heterocycles. The molecule has 3 amide bonds. The SMILES string of the molecule is COCCCOc1cc(C(=O)N(C(C)C)[C@@H]2CCC(CCN(C(=O)Cc3cccc(C(N)=O)c3)C3CC3)NC2)ccc1OC. The van der Waals surface area contributed by atoms with E-state index in [2.05, 4.69) is 5.32 Å². The van der Waals surface area contributed by atoms with Crippen molar-refractivity contribution >= 4 is 17.7 Å². The fourth-order valence-electron chi connectivity index (χ4n) is 5.97. The van der Waals surface area contributed by atoms with Gasteiger partial charge in [0.1, 0.15) is 0 Å². The third kappa shape index (κ3) is 8.95. The summed E-state index contributed by atoms with van der Waals surface area (Å²) in [5.41, 5.74) is 7.21. The Bertz CT molecular complexity index is 1270. The molecule has 2 fully saturated rings. The number of hydrogen-bond acceptors (Lipinski definition) is 7. The largest absolute Gasteiger partial charge is 0.493 e. The van der Waals surface area contributed by atoms with Gasteiger partial charge in [0.15, 0.2) is 11.5 Å². The van der Waals surface area contributed by atoms with Crippen molar-refractivity contribution in [2.45, 2.75) is 83.0 Å². The summed E-state index contributed by atoms with van der Waals surface area (Å²) in [6.07, 6.45) is 5.72. The van der Waals surface area contributed by atoms with E-state index in [1.54, 1.807) is 50.6 Å². The van der Waals surface area contributed by atoms with Gasteiger partial charge < -0.3 is 35.1 Å². The minimum atomic E-state index is -0.491. The smallest absolute Gasteiger partial charge is 0.254 e. The van der Waals surface area contributed by atoms with Crippen LogP contribution < -0.4 is 20.5 Å². The maximum absolute atomic E-state index is 13.8. The maximum Gasteiger partial charge on any atom is 0.254 e. The molecule has 44 heavy (non-hydrogen) atoms. The number of benzene rings is 2. The number of rotatable bonds is 16. The van der Waals surface area contributed by atoms with Crippen LogP contribution in [0.1, 0.15) is 78.7 Å². The van der Waals surface area contributed by atoms with Crippen molar-refractivity contribution in [2.75, 3.05) is 40.5 Å². The molecule has 1 unspecified atom stereocenters. The normalized spacial score (nSPS) is 18.1. The lowest BCUT2D eigenvalue weighted by Gasteiger charge is -2.40. The molecule has 4 rings (SSSR count). The number of primary amides is 1. The van der Waals surface area contributed by atoms with Crippen LogP contribution in [-0.4, -0.2) is 92.2 Å². The van der Waals surface area contributed by atoms with Crippen LogP contribution in [0.4, 0.5) is 0 Å². The van der Waals surface area contributed by atoms with Crippen molar-refractivity contribution in [2.24, 2.45) is 5.73 Å². The number of amides is 3. The van der Waals surface area contributed by atoms with Crippen molar-refractivity contribution in [3.8, 4) is 11.5 Å². The highest BCUT2D eigenvalue weighted by Gasteiger charge is 2.35. The van der Waals surface area contributed by atoms with Crippen LogP contribution in [0.2, 0.25) is 0 Å². The molecule has 1 aliphatic heterocycles. The van der Waals surface area contributed by atoms with E-state index in [4.69, 9.17) is 19.9 Å². The number of nitrogens with one attached hydrogen (secondary N) is 1. The van der Waals surface area contributed by atoms with Crippen molar-refractivity contribution < 1.29 is 28.6 Å². The van der Waals surface area contributed by atoms with Crippen molar-refractivity contribution in [1.82, 2.24) is 15.1 Å². The number of methoxy groups -OCH3 is 2. The Kier molecular flexibility index (Phi) is 12.0. The Morgan fingerprint density at radius 2 is 1.73 bits per heavy atom. The lowest BCUT2D eigenvalue weighted by atomic mass is 9.95. The second-order valence-corrected chi connectivity index (χ2v) is 12.1. The monoisotopic (exact) mass is 608 g/mol. The van der Waals surface area contributed by atoms with E-state index in [9.17, 15) is 14.4 Å². The van der Waals surface area contributed by atoms with Gasteiger partial charge in [-0.25, -0.2) is 0 Å². The molecular weight excluding hydrogens is 560 g/mol. The highest BCUT2D eigenvalue weighted by atomic mass is 16.5. The van der Waals surface area contributed by atoms with E-state index >= 15 is 0 Å². The number of ether oxygens (including phenoxy) is 3. The van der Waals surface area contributed by atoms with Gasteiger partial charge in [-0.3, -0.25) is 14.4 Å². The zero-order valence-electron chi connectivity index (χ0n) is 26.6. The zero-order chi connectivity index (χ0) is 31.6. The predicted octanol–water partition coefficient (Wildman–Crippen LogP) is 3.80. The summed E-state index contributed by atoms with van der Waals surface area (Å²) in [6, 6.07) is 13.0. The molecule has 1 heterocycles. The van der Waals surface area contributed by atoms with E-state index in [0.717, 1.165) is 44.1 Å². The molecule has 10 heteroatoms. The van der Waals surface area contributed by atoms with Crippen molar-refractivity contribution in [3.05, 3.63) is 59.2 Å². The minimum Gasteiger partial charge on any atom is -0.493 e. The fourth-order valence-corrected chi connectivity index (χ4v) is 5.97. The van der Waals surface area contributed by atoms with Gasteiger partial charge in [0.25, 0.3) is 5.91 Å². The number of hydrogen-bond donors (Lipinski definition) is 2. The number of carbonyl (C=O) groups excluding carboxylic acids is 3. The molecule has 2 aromatic rings.